The average Bonchev–Trinajstić information content (AvgIpc) is 1.88. The van der Waals surface area contributed by atoms with Crippen molar-refractivity contribution in [2.24, 2.45) is 9.98 Å². The Morgan fingerprint density at radius 2 is 2.36 bits per heavy atom. The molecule has 11 heavy (non-hydrogen) atoms. The maximum absolute atomic E-state index is 10.7. The van der Waals surface area contributed by atoms with E-state index in [4.69, 9.17) is 5.11 Å². The Morgan fingerprint density at radius 1 is 1.73 bits per heavy atom. The van der Waals surface area contributed by atoms with E-state index in [0.29, 0.717) is 0 Å². The smallest absolute Gasteiger partial charge is 0.166 e. The standard InChI is InChI=1S/C6H5N2O2.W/c1-4(9)5-2-7-3-8-6(5)10;/h2,9H,1H3;/q-1;/b5-4-;. The molecule has 1 N–H and O–H groups in total. The SMILES string of the molecule is C/C(O)=C1\C=N[C-]=NC1=O.[W]. The van der Waals surface area contributed by atoms with Crippen LogP contribution in [0.3, 0.4) is 0 Å². The molecule has 0 spiro atoms. The van der Waals surface area contributed by atoms with Crippen molar-refractivity contribution in [3.63, 3.8) is 0 Å². The van der Waals surface area contributed by atoms with Crippen LogP contribution >= 0.6 is 0 Å². The van der Waals surface area contributed by atoms with Gasteiger partial charge in [-0.15, -0.1) is 0 Å². The van der Waals surface area contributed by atoms with E-state index in [0.717, 1.165) is 0 Å². The fourth-order valence-corrected chi connectivity index (χ4v) is 0.531. The van der Waals surface area contributed by atoms with E-state index in [1.165, 1.54) is 13.1 Å². The van der Waals surface area contributed by atoms with Crippen LogP contribution in [-0.2, 0) is 25.9 Å². The Morgan fingerprint density at radius 3 is 2.73 bits per heavy atom. The van der Waals surface area contributed by atoms with Gasteiger partial charge in [-0.3, -0.25) is 0 Å². The van der Waals surface area contributed by atoms with Gasteiger partial charge < -0.3 is 19.9 Å². The van der Waals surface area contributed by atoms with Gasteiger partial charge in [-0.05, 0) is 12.5 Å². The summed E-state index contributed by atoms with van der Waals surface area (Å²) in [4.78, 5) is 17.4. The minimum Gasteiger partial charge on any atom is -0.514 e. The monoisotopic (exact) mass is 321 g/mol. The first-order chi connectivity index (χ1) is 4.72. The molecule has 0 radical (unpaired) electrons. The van der Waals surface area contributed by atoms with Gasteiger partial charge in [0.05, 0.1) is 5.76 Å². The van der Waals surface area contributed by atoms with Gasteiger partial charge in [0, 0.05) is 27.4 Å². The molecule has 1 amide bonds. The Labute approximate surface area is 78.0 Å². The predicted molar refractivity (Wildman–Crippen MR) is 36.3 cm³/mol. The molecular formula is C6H5N2O2W-. The number of nitrogens with zero attached hydrogens (tertiary/aromatic N) is 2. The van der Waals surface area contributed by atoms with Crippen molar-refractivity contribution in [3.8, 4) is 0 Å². The van der Waals surface area contributed by atoms with E-state index >= 15 is 0 Å². The molecule has 1 heterocycles. The number of carbonyl (C=O) groups excluding carboxylic acids is 1. The molecule has 0 aromatic carbocycles. The van der Waals surface area contributed by atoms with Crippen molar-refractivity contribution in [3.05, 3.63) is 11.3 Å². The van der Waals surface area contributed by atoms with Crippen LogP contribution in [0.15, 0.2) is 21.3 Å². The maximum atomic E-state index is 10.7. The zero-order chi connectivity index (χ0) is 7.56. The van der Waals surface area contributed by atoms with Crippen LogP contribution in [0.2, 0.25) is 0 Å². The third-order valence-corrected chi connectivity index (χ3v) is 1.02. The summed E-state index contributed by atoms with van der Waals surface area (Å²) in [5.41, 5.74) is 0.124. The molecule has 4 nitrogen and oxygen atoms in total. The van der Waals surface area contributed by atoms with Gasteiger partial charge in [0.15, 0.2) is 5.91 Å². The topological polar surface area (TPSA) is 62.0 Å². The van der Waals surface area contributed by atoms with Crippen LogP contribution in [0.4, 0.5) is 0 Å². The number of hydrogen-bond donors (Lipinski definition) is 1. The molecule has 5 heteroatoms. The molecule has 0 aromatic heterocycles. The van der Waals surface area contributed by atoms with Crippen molar-refractivity contribution in [2.75, 3.05) is 0 Å². The summed E-state index contributed by atoms with van der Waals surface area (Å²) >= 11 is 0. The molecular weight excluding hydrogens is 316 g/mol. The molecule has 1 rings (SSSR count). The number of aliphatic imine (C=N–C) groups is 2. The number of rotatable bonds is 0. The molecule has 58 valence electrons. The first kappa shape index (κ1) is 10.2. The number of aliphatic hydroxyl groups is 1. The molecule has 0 aromatic rings. The van der Waals surface area contributed by atoms with Crippen molar-refractivity contribution < 1.29 is 31.0 Å². The third-order valence-electron chi connectivity index (χ3n) is 1.02. The number of aliphatic hydroxyl groups excluding tert-OH is 1. The van der Waals surface area contributed by atoms with Crippen LogP contribution < -0.4 is 0 Å². The summed E-state index contributed by atoms with van der Waals surface area (Å²) in [5, 5.41) is 8.83. The van der Waals surface area contributed by atoms with Gasteiger partial charge in [-0.1, -0.05) is 6.21 Å². The van der Waals surface area contributed by atoms with Crippen molar-refractivity contribution in [2.45, 2.75) is 6.92 Å². The second-order valence-electron chi connectivity index (χ2n) is 1.77. The molecule has 0 unspecified atom stereocenters. The minimum absolute atomic E-state index is 0. The molecule has 0 saturated heterocycles. The number of amides is 1. The van der Waals surface area contributed by atoms with Gasteiger partial charge in [0.25, 0.3) is 0 Å². The number of carbonyl (C=O) groups is 1. The van der Waals surface area contributed by atoms with Crippen LogP contribution in [0.1, 0.15) is 6.92 Å². The van der Waals surface area contributed by atoms with Crippen LogP contribution in [0, 0.1) is 0 Å². The third kappa shape index (κ3) is 2.39. The summed E-state index contributed by atoms with van der Waals surface area (Å²) < 4.78 is 0. The van der Waals surface area contributed by atoms with E-state index in [9.17, 15) is 4.79 Å². The molecule has 0 aliphatic carbocycles. The molecule has 0 saturated carbocycles. The summed E-state index contributed by atoms with van der Waals surface area (Å²) in [7, 11) is 0. The van der Waals surface area contributed by atoms with E-state index in [1.54, 1.807) is 0 Å². The van der Waals surface area contributed by atoms with E-state index in [-0.39, 0.29) is 32.4 Å². The Bertz CT molecular complexity index is 251. The quantitative estimate of drug-likeness (QED) is 0.397. The van der Waals surface area contributed by atoms with Gasteiger partial charge in [-0.25, -0.2) is 0 Å². The van der Waals surface area contributed by atoms with Crippen molar-refractivity contribution >= 4 is 18.5 Å². The van der Waals surface area contributed by atoms with Crippen LogP contribution in [-0.4, -0.2) is 23.6 Å². The fraction of sp³-hybridized carbons (Fsp3) is 0.167. The summed E-state index contributed by atoms with van der Waals surface area (Å²) in [6.07, 6.45) is 3.35. The minimum atomic E-state index is -0.505. The maximum Gasteiger partial charge on any atom is 0.166 e. The van der Waals surface area contributed by atoms with Crippen molar-refractivity contribution in [1.82, 2.24) is 0 Å². The van der Waals surface area contributed by atoms with Crippen molar-refractivity contribution in [1.29, 1.82) is 0 Å². The zero-order valence-electron chi connectivity index (χ0n) is 5.74. The molecule has 1 aliphatic rings. The molecule has 0 fully saturated rings. The Kier molecular flexibility index (Phi) is 3.90. The van der Waals surface area contributed by atoms with E-state index < -0.39 is 5.91 Å². The number of hydrogen-bond acceptors (Lipinski definition) is 3. The van der Waals surface area contributed by atoms with Gasteiger partial charge in [-0.2, -0.15) is 0 Å². The summed E-state index contributed by atoms with van der Waals surface area (Å²) in [6, 6.07) is 0. The first-order valence-corrected chi connectivity index (χ1v) is 2.65. The Hall–Kier alpha value is -0.762. The summed E-state index contributed by atoms with van der Waals surface area (Å²) in [6.45, 7) is 1.40. The first-order valence-electron chi connectivity index (χ1n) is 2.65. The second-order valence-corrected chi connectivity index (χ2v) is 1.77. The van der Waals surface area contributed by atoms with Crippen LogP contribution in [0.5, 0.6) is 0 Å². The number of allylic oxidation sites excluding steroid dienone is 1. The largest absolute Gasteiger partial charge is 0.514 e. The molecule has 0 bridgehead atoms. The fourth-order valence-electron chi connectivity index (χ4n) is 0.531. The van der Waals surface area contributed by atoms with Gasteiger partial charge in [0.2, 0.25) is 0 Å². The zero-order valence-corrected chi connectivity index (χ0v) is 8.67. The van der Waals surface area contributed by atoms with Gasteiger partial charge in [0.1, 0.15) is 0 Å². The Balaban J connectivity index is 0.000001000. The molecule has 0 atom stereocenters. The van der Waals surface area contributed by atoms with Gasteiger partial charge >= 0.3 is 0 Å². The predicted octanol–water partition coefficient (Wildman–Crippen LogP) is 0.332. The summed E-state index contributed by atoms with van der Waals surface area (Å²) in [5.74, 6) is -0.575. The van der Waals surface area contributed by atoms with Crippen LogP contribution in [0.25, 0.3) is 0 Å². The van der Waals surface area contributed by atoms with E-state index in [1.807, 2.05) is 0 Å². The normalized spacial score (nSPS) is 19.5. The average molecular weight is 321 g/mol. The molecule has 1 aliphatic heterocycles. The van der Waals surface area contributed by atoms with E-state index in [2.05, 4.69) is 16.3 Å². The second kappa shape index (κ2) is 4.19.